The molecular formula is C25H30F3NO5S. The summed E-state index contributed by atoms with van der Waals surface area (Å²) in [5, 5.41) is 11.2. The van der Waals surface area contributed by atoms with Crippen LogP contribution >= 0.6 is 0 Å². The molecule has 1 atom stereocenters. The van der Waals surface area contributed by atoms with Crippen LogP contribution in [-0.4, -0.2) is 42.7 Å². The number of ether oxygens (including phenoxy) is 1. The summed E-state index contributed by atoms with van der Waals surface area (Å²) in [6.07, 6.45) is -0.351. The SMILES string of the molecule is CC(C)(CC(O)(Cn1ccc(=O)c2c1CCCC2)C(F)(F)F)c1cc(S(C)(=O)=O)cc2c1OCC2. The molecule has 1 aromatic heterocycles. The molecule has 1 N–H and O–H groups in total. The average Bonchev–Trinajstić information content (AvgIpc) is 3.22. The van der Waals surface area contributed by atoms with Gasteiger partial charge in [0.05, 0.1) is 18.0 Å². The standard InChI is InChI=1S/C25H30F3NO5S/c1-23(2,19-13-17(35(3,32)33)12-16-9-11-34-22(16)19)14-24(31,25(26,27)28)15-29-10-8-21(30)18-6-4-5-7-20(18)29/h8,10,12-13,31H,4-7,9,11,14-15H2,1-3H3. The number of hydrogen-bond acceptors (Lipinski definition) is 5. The molecule has 6 nitrogen and oxygen atoms in total. The van der Waals surface area contributed by atoms with Crippen LogP contribution in [0.3, 0.4) is 0 Å². The van der Waals surface area contributed by atoms with Gasteiger partial charge in [-0.3, -0.25) is 4.79 Å². The van der Waals surface area contributed by atoms with Crippen LogP contribution in [0.15, 0.2) is 34.1 Å². The highest BCUT2D eigenvalue weighted by atomic mass is 32.2. The summed E-state index contributed by atoms with van der Waals surface area (Å²) in [6.45, 7) is 2.64. The van der Waals surface area contributed by atoms with Gasteiger partial charge in [0.15, 0.2) is 20.9 Å². The largest absolute Gasteiger partial charge is 0.493 e. The smallest absolute Gasteiger partial charge is 0.418 e. The van der Waals surface area contributed by atoms with Crippen molar-refractivity contribution in [2.24, 2.45) is 0 Å². The molecule has 35 heavy (non-hydrogen) atoms. The van der Waals surface area contributed by atoms with Crippen molar-refractivity contribution in [3.63, 3.8) is 0 Å². The lowest BCUT2D eigenvalue weighted by Gasteiger charge is -2.39. The van der Waals surface area contributed by atoms with E-state index >= 15 is 0 Å². The molecule has 192 valence electrons. The fourth-order valence-electron chi connectivity index (χ4n) is 5.32. The lowest BCUT2D eigenvalue weighted by molar-refractivity contribution is -0.271. The van der Waals surface area contributed by atoms with Gasteiger partial charge in [-0.2, -0.15) is 13.2 Å². The van der Waals surface area contributed by atoms with Crippen molar-refractivity contribution in [3.8, 4) is 5.75 Å². The van der Waals surface area contributed by atoms with Gasteiger partial charge in [0.2, 0.25) is 0 Å². The Bertz CT molecular complexity index is 1310. The van der Waals surface area contributed by atoms with Gasteiger partial charge in [0, 0.05) is 41.8 Å². The van der Waals surface area contributed by atoms with Crippen LogP contribution in [-0.2, 0) is 41.1 Å². The third-order valence-corrected chi connectivity index (χ3v) is 8.19. The van der Waals surface area contributed by atoms with Crippen molar-refractivity contribution in [3.05, 3.63) is 57.0 Å². The summed E-state index contributed by atoms with van der Waals surface area (Å²) < 4.78 is 74.9. The number of pyridine rings is 1. The minimum Gasteiger partial charge on any atom is -0.493 e. The normalized spacial score (nSPS) is 17.9. The topological polar surface area (TPSA) is 85.6 Å². The van der Waals surface area contributed by atoms with E-state index in [4.69, 9.17) is 4.74 Å². The van der Waals surface area contributed by atoms with E-state index in [2.05, 4.69) is 0 Å². The highest BCUT2D eigenvalue weighted by Crippen LogP contribution is 2.47. The lowest BCUT2D eigenvalue weighted by Crippen LogP contribution is -2.52. The van der Waals surface area contributed by atoms with Crippen LogP contribution in [0.25, 0.3) is 0 Å². The van der Waals surface area contributed by atoms with Gasteiger partial charge in [-0.1, -0.05) is 13.8 Å². The van der Waals surface area contributed by atoms with Gasteiger partial charge in [-0.25, -0.2) is 8.42 Å². The summed E-state index contributed by atoms with van der Waals surface area (Å²) in [5.41, 5.74) is -2.64. The summed E-state index contributed by atoms with van der Waals surface area (Å²) >= 11 is 0. The maximum Gasteiger partial charge on any atom is 0.418 e. The molecular weight excluding hydrogens is 483 g/mol. The van der Waals surface area contributed by atoms with E-state index in [0.29, 0.717) is 54.0 Å². The van der Waals surface area contributed by atoms with Crippen LogP contribution in [0.1, 0.15) is 55.5 Å². The average molecular weight is 514 g/mol. The van der Waals surface area contributed by atoms with E-state index in [0.717, 1.165) is 19.1 Å². The first kappa shape index (κ1) is 25.8. The van der Waals surface area contributed by atoms with Crippen LogP contribution in [0.5, 0.6) is 5.75 Å². The van der Waals surface area contributed by atoms with Crippen LogP contribution in [0, 0.1) is 0 Å². The first-order chi connectivity index (χ1) is 16.1. The van der Waals surface area contributed by atoms with Crippen LogP contribution < -0.4 is 10.2 Å². The molecule has 0 saturated heterocycles. The van der Waals surface area contributed by atoms with Crippen LogP contribution in [0.2, 0.25) is 0 Å². The molecule has 4 rings (SSSR count). The molecule has 0 amide bonds. The molecule has 0 radical (unpaired) electrons. The van der Waals surface area contributed by atoms with E-state index < -0.39 is 40.0 Å². The Hall–Kier alpha value is -2.33. The van der Waals surface area contributed by atoms with E-state index in [9.17, 15) is 31.5 Å². The highest BCUT2D eigenvalue weighted by molar-refractivity contribution is 7.90. The van der Waals surface area contributed by atoms with Crippen molar-refractivity contribution in [1.29, 1.82) is 0 Å². The van der Waals surface area contributed by atoms with Gasteiger partial charge in [0.1, 0.15) is 5.75 Å². The number of rotatable bonds is 6. The number of alkyl halides is 3. The number of halogens is 3. The molecule has 10 heteroatoms. The Balaban J connectivity index is 1.78. The van der Waals surface area contributed by atoms with Crippen molar-refractivity contribution in [2.45, 2.75) is 81.0 Å². The fraction of sp³-hybridized carbons (Fsp3) is 0.560. The Morgan fingerprint density at radius 2 is 1.80 bits per heavy atom. The van der Waals surface area contributed by atoms with Crippen LogP contribution in [0.4, 0.5) is 13.2 Å². The first-order valence-electron chi connectivity index (χ1n) is 11.6. The third-order valence-electron chi connectivity index (χ3n) is 7.10. The van der Waals surface area contributed by atoms with E-state index in [1.165, 1.54) is 29.0 Å². The number of aliphatic hydroxyl groups is 1. The zero-order valence-electron chi connectivity index (χ0n) is 20.0. The van der Waals surface area contributed by atoms with Gasteiger partial charge in [-0.15, -0.1) is 0 Å². The molecule has 2 heterocycles. The fourth-order valence-corrected chi connectivity index (χ4v) is 6.01. The lowest BCUT2D eigenvalue weighted by atomic mass is 9.74. The molecule has 0 bridgehead atoms. The minimum atomic E-state index is -4.98. The quantitative estimate of drug-likeness (QED) is 0.636. The molecule has 1 unspecified atom stereocenters. The molecule has 1 aliphatic heterocycles. The van der Waals surface area contributed by atoms with E-state index in [1.807, 2.05) is 0 Å². The number of sulfone groups is 1. The Morgan fingerprint density at radius 3 is 2.46 bits per heavy atom. The zero-order valence-corrected chi connectivity index (χ0v) is 20.9. The Labute approximate surface area is 202 Å². The molecule has 1 aromatic carbocycles. The predicted molar refractivity (Wildman–Crippen MR) is 125 cm³/mol. The Morgan fingerprint density at radius 1 is 1.11 bits per heavy atom. The van der Waals surface area contributed by atoms with Crippen molar-refractivity contribution in [2.75, 3.05) is 12.9 Å². The van der Waals surface area contributed by atoms with Gasteiger partial charge >= 0.3 is 6.18 Å². The maximum absolute atomic E-state index is 14.4. The molecule has 0 saturated carbocycles. The monoisotopic (exact) mass is 513 g/mol. The molecule has 2 aromatic rings. The van der Waals surface area contributed by atoms with E-state index in [1.54, 1.807) is 13.8 Å². The van der Waals surface area contributed by atoms with Gasteiger partial charge in [-0.05, 0) is 55.2 Å². The number of fused-ring (bicyclic) bond motifs is 2. The summed E-state index contributed by atoms with van der Waals surface area (Å²) in [5.74, 6) is 0.382. The van der Waals surface area contributed by atoms with Crippen molar-refractivity contribution >= 4 is 9.84 Å². The Kier molecular flexibility index (Phi) is 6.37. The van der Waals surface area contributed by atoms with Gasteiger partial charge < -0.3 is 14.4 Å². The highest BCUT2D eigenvalue weighted by Gasteiger charge is 2.56. The summed E-state index contributed by atoms with van der Waals surface area (Å²) in [4.78, 5) is 12.3. The van der Waals surface area contributed by atoms with Gasteiger partial charge in [0.25, 0.3) is 0 Å². The second-order valence-corrected chi connectivity index (χ2v) is 12.4. The molecule has 1 aliphatic carbocycles. The minimum absolute atomic E-state index is 0.00912. The second-order valence-electron chi connectivity index (χ2n) is 10.4. The molecule has 0 fully saturated rings. The summed E-state index contributed by atoms with van der Waals surface area (Å²) in [7, 11) is -3.62. The predicted octanol–water partition coefficient (Wildman–Crippen LogP) is 3.73. The number of hydrogen-bond donors (Lipinski definition) is 1. The maximum atomic E-state index is 14.4. The second kappa shape index (κ2) is 8.65. The number of nitrogens with zero attached hydrogens (tertiary/aromatic N) is 1. The third kappa shape index (κ3) is 4.87. The number of benzene rings is 1. The van der Waals surface area contributed by atoms with Crippen molar-refractivity contribution in [1.82, 2.24) is 4.57 Å². The van der Waals surface area contributed by atoms with Crippen molar-refractivity contribution < 1.29 is 31.4 Å². The number of aromatic nitrogens is 1. The first-order valence-corrected chi connectivity index (χ1v) is 13.5. The molecule has 2 aliphatic rings. The summed E-state index contributed by atoms with van der Waals surface area (Å²) in [6, 6.07) is 4.11. The zero-order chi connectivity index (χ0) is 25.8. The molecule has 0 spiro atoms. The van der Waals surface area contributed by atoms with E-state index in [-0.39, 0.29) is 10.3 Å².